The Morgan fingerprint density at radius 1 is 1.17 bits per heavy atom. The zero-order valence-electron chi connectivity index (χ0n) is 20.7. The molecular weight excluding hydrogens is 474 g/mol. The Bertz CT molecular complexity index is 1310. The average molecular weight is 506 g/mol. The van der Waals surface area contributed by atoms with E-state index in [1.54, 1.807) is 6.20 Å². The highest BCUT2D eigenvalue weighted by molar-refractivity contribution is 7.22. The first-order valence-corrected chi connectivity index (χ1v) is 13.2. The molecular formula is C27H31N5O3S. The molecule has 0 unspecified atom stereocenters. The van der Waals surface area contributed by atoms with Gasteiger partial charge in [0.15, 0.2) is 5.13 Å². The molecule has 0 atom stereocenters. The smallest absolute Gasteiger partial charge is 0.263 e. The van der Waals surface area contributed by atoms with Crippen LogP contribution in [-0.2, 0) is 4.74 Å². The lowest BCUT2D eigenvalue weighted by Crippen LogP contribution is -2.39. The van der Waals surface area contributed by atoms with Crippen molar-refractivity contribution in [1.29, 1.82) is 0 Å². The topological polar surface area (TPSA) is 72.7 Å². The molecule has 0 radical (unpaired) electrons. The van der Waals surface area contributed by atoms with E-state index in [-0.39, 0.29) is 5.91 Å². The molecule has 1 aliphatic rings. The second kappa shape index (κ2) is 11.2. The van der Waals surface area contributed by atoms with E-state index in [1.165, 1.54) is 11.3 Å². The molecule has 8 nitrogen and oxygen atoms in total. The summed E-state index contributed by atoms with van der Waals surface area (Å²) in [5.74, 6) is 0.728. The van der Waals surface area contributed by atoms with Crippen LogP contribution in [0.4, 0.5) is 5.13 Å². The van der Waals surface area contributed by atoms with E-state index in [0.29, 0.717) is 23.8 Å². The number of ether oxygens (including phenoxy) is 2. The Morgan fingerprint density at radius 3 is 2.75 bits per heavy atom. The monoisotopic (exact) mass is 505 g/mol. The summed E-state index contributed by atoms with van der Waals surface area (Å²) in [4.78, 5) is 22.9. The fourth-order valence-electron chi connectivity index (χ4n) is 4.42. The van der Waals surface area contributed by atoms with Crippen LogP contribution >= 0.6 is 11.3 Å². The number of anilines is 1. The van der Waals surface area contributed by atoms with Crippen LogP contribution in [0.25, 0.3) is 15.9 Å². The Hall–Kier alpha value is -3.27. The number of carbonyl (C=O) groups is 1. The van der Waals surface area contributed by atoms with Crippen molar-refractivity contribution in [3.05, 3.63) is 66.0 Å². The largest absolute Gasteiger partial charge is 0.494 e. The van der Waals surface area contributed by atoms with Crippen molar-refractivity contribution in [1.82, 2.24) is 19.7 Å². The molecule has 1 fully saturated rings. The number of fused-ring (bicyclic) bond motifs is 1. The summed E-state index contributed by atoms with van der Waals surface area (Å²) in [7, 11) is 0. The summed E-state index contributed by atoms with van der Waals surface area (Å²) in [5.41, 5.74) is 3.18. The number of hydrogen-bond acceptors (Lipinski definition) is 7. The van der Waals surface area contributed by atoms with Gasteiger partial charge in [-0.1, -0.05) is 29.5 Å². The van der Waals surface area contributed by atoms with Crippen LogP contribution < -0.4 is 9.64 Å². The van der Waals surface area contributed by atoms with Gasteiger partial charge in [-0.05, 0) is 50.6 Å². The molecule has 0 saturated carbocycles. The molecule has 1 amide bonds. The Morgan fingerprint density at radius 2 is 1.97 bits per heavy atom. The van der Waals surface area contributed by atoms with Crippen molar-refractivity contribution in [3.8, 4) is 11.4 Å². The van der Waals surface area contributed by atoms with E-state index in [4.69, 9.17) is 14.5 Å². The predicted molar refractivity (Wildman–Crippen MR) is 143 cm³/mol. The van der Waals surface area contributed by atoms with E-state index in [0.717, 1.165) is 66.6 Å². The second-order valence-electron chi connectivity index (χ2n) is 8.71. The van der Waals surface area contributed by atoms with Gasteiger partial charge in [0.1, 0.15) is 5.75 Å². The van der Waals surface area contributed by atoms with Gasteiger partial charge in [0.25, 0.3) is 5.91 Å². The standard InChI is InChI=1S/C27H31N5O3S/c1-3-35-22-10-11-24-25(18-22)36-27(29-24)31(13-7-12-30-14-16-34-17-15-30)26(33)23-19-28-32(20(23)2)21-8-5-4-6-9-21/h4-6,8-11,18-19H,3,7,12-17H2,1-2H3. The summed E-state index contributed by atoms with van der Waals surface area (Å²) in [6.45, 7) is 9.38. The fourth-order valence-corrected chi connectivity index (χ4v) is 5.44. The number of morpholine rings is 1. The van der Waals surface area contributed by atoms with Crippen LogP contribution in [0.1, 0.15) is 29.4 Å². The van der Waals surface area contributed by atoms with Gasteiger partial charge < -0.3 is 9.47 Å². The second-order valence-corrected chi connectivity index (χ2v) is 9.72. The molecule has 2 aromatic heterocycles. The number of thiazole rings is 1. The minimum absolute atomic E-state index is 0.0826. The normalized spacial score (nSPS) is 14.3. The highest BCUT2D eigenvalue weighted by Crippen LogP contribution is 2.33. The molecule has 1 saturated heterocycles. The highest BCUT2D eigenvalue weighted by atomic mass is 32.1. The first-order chi connectivity index (χ1) is 17.6. The van der Waals surface area contributed by atoms with E-state index in [2.05, 4.69) is 10.00 Å². The number of rotatable bonds is 9. The van der Waals surface area contributed by atoms with Crippen molar-refractivity contribution in [2.24, 2.45) is 0 Å². The highest BCUT2D eigenvalue weighted by Gasteiger charge is 2.25. The minimum Gasteiger partial charge on any atom is -0.494 e. The van der Waals surface area contributed by atoms with Crippen LogP contribution in [0.5, 0.6) is 5.75 Å². The van der Waals surface area contributed by atoms with Gasteiger partial charge in [0, 0.05) is 26.2 Å². The molecule has 9 heteroatoms. The fraction of sp³-hybridized carbons (Fsp3) is 0.370. The van der Waals surface area contributed by atoms with Crippen LogP contribution in [0, 0.1) is 6.92 Å². The lowest BCUT2D eigenvalue weighted by atomic mass is 10.2. The van der Waals surface area contributed by atoms with E-state index >= 15 is 0 Å². The van der Waals surface area contributed by atoms with E-state index < -0.39 is 0 Å². The summed E-state index contributed by atoms with van der Waals surface area (Å²) in [5, 5.41) is 5.22. The predicted octanol–water partition coefficient (Wildman–Crippen LogP) is 4.56. The van der Waals surface area contributed by atoms with Crippen LogP contribution in [0.2, 0.25) is 0 Å². The number of nitrogens with zero attached hydrogens (tertiary/aromatic N) is 5. The lowest BCUT2D eigenvalue weighted by Gasteiger charge is -2.27. The number of aromatic nitrogens is 3. The first kappa shape index (κ1) is 24.4. The third-order valence-electron chi connectivity index (χ3n) is 6.34. The zero-order chi connectivity index (χ0) is 24.9. The van der Waals surface area contributed by atoms with Crippen LogP contribution in [0.3, 0.4) is 0 Å². The Kier molecular flexibility index (Phi) is 7.60. The average Bonchev–Trinajstić information content (AvgIpc) is 3.50. The third kappa shape index (κ3) is 5.28. The number of para-hydroxylation sites is 1. The van der Waals surface area contributed by atoms with Crippen LogP contribution in [0.15, 0.2) is 54.7 Å². The maximum Gasteiger partial charge on any atom is 0.263 e. The van der Waals surface area contributed by atoms with Gasteiger partial charge in [0.05, 0.1) is 53.2 Å². The summed E-state index contributed by atoms with van der Waals surface area (Å²) in [6.07, 6.45) is 2.51. The van der Waals surface area contributed by atoms with Gasteiger partial charge in [-0.3, -0.25) is 14.6 Å². The maximum atomic E-state index is 13.9. The summed E-state index contributed by atoms with van der Waals surface area (Å²) in [6, 6.07) is 15.7. The first-order valence-electron chi connectivity index (χ1n) is 12.4. The van der Waals surface area contributed by atoms with Crippen molar-refractivity contribution < 1.29 is 14.3 Å². The zero-order valence-corrected chi connectivity index (χ0v) is 21.5. The lowest BCUT2D eigenvalue weighted by molar-refractivity contribution is 0.0376. The van der Waals surface area contributed by atoms with Crippen LogP contribution in [-0.4, -0.2) is 71.6 Å². The summed E-state index contributed by atoms with van der Waals surface area (Å²) >= 11 is 1.52. The Labute approximate surface area is 215 Å². The SMILES string of the molecule is CCOc1ccc2nc(N(CCCN3CCOCC3)C(=O)c3cnn(-c4ccccc4)c3C)sc2c1. The van der Waals surface area contributed by atoms with Gasteiger partial charge in [-0.25, -0.2) is 9.67 Å². The van der Waals surface area contributed by atoms with Gasteiger partial charge >= 0.3 is 0 Å². The van der Waals surface area contributed by atoms with Gasteiger partial charge in [-0.15, -0.1) is 0 Å². The molecule has 0 spiro atoms. The molecule has 36 heavy (non-hydrogen) atoms. The molecule has 4 aromatic rings. The number of benzene rings is 2. The third-order valence-corrected chi connectivity index (χ3v) is 7.38. The van der Waals surface area contributed by atoms with Crippen molar-refractivity contribution in [2.45, 2.75) is 20.3 Å². The molecule has 0 bridgehead atoms. The summed E-state index contributed by atoms with van der Waals surface area (Å²) < 4.78 is 13.9. The van der Waals surface area contributed by atoms with Crippen molar-refractivity contribution in [3.63, 3.8) is 0 Å². The van der Waals surface area contributed by atoms with E-state index in [1.807, 2.05) is 72.0 Å². The molecule has 1 aliphatic heterocycles. The molecule has 5 rings (SSSR count). The molecule has 2 aromatic carbocycles. The van der Waals surface area contributed by atoms with Gasteiger partial charge in [0.2, 0.25) is 0 Å². The van der Waals surface area contributed by atoms with Gasteiger partial charge in [-0.2, -0.15) is 5.10 Å². The maximum absolute atomic E-state index is 13.9. The molecule has 188 valence electrons. The van der Waals surface area contributed by atoms with Crippen molar-refractivity contribution >= 4 is 32.6 Å². The molecule has 0 N–H and O–H groups in total. The molecule has 3 heterocycles. The number of amides is 1. The number of hydrogen-bond donors (Lipinski definition) is 0. The number of carbonyl (C=O) groups excluding carboxylic acids is 1. The van der Waals surface area contributed by atoms with E-state index in [9.17, 15) is 4.79 Å². The Balaban J connectivity index is 1.43. The van der Waals surface area contributed by atoms with Crippen molar-refractivity contribution in [2.75, 3.05) is 50.9 Å². The quantitative estimate of drug-likeness (QED) is 0.332. The minimum atomic E-state index is -0.0826. The molecule has 0 aliphatic carbocycles.